The number of amides is 1. The molecule has 2 aromatic rings. The van der Waals surface area contributed by atoms with Crippen molar-refractivity contribution < 1.29 is 9.53 Å². The predicted molar refractivity (Wildman–Crippen MR) is 77.7 cm³/mol. The summed E-state index contributed by atoms with van der Waals surface area (Å²) in [6.45, 7) is 0.535. The maximum atomic E-state index is 10.6. The molecule has 104 valence electrons. The minimum atomic E-state index is -0.494. The third kappa shape index (κ3) is 4.44. The number of nitrogens with zero attached hydrogens (tertiary/aromatic N) is 1. The fourth-order valence-electron chi connectivity index (χ4n) is 1.54. The van der Waals surface area contributed by atoms with E-state index in [1.54, 1.807) is 24.4 Å². The van der Waals surface area contributed by atoms with Crippen LogP contribution in [0.5, 0.6) is 5.75 Å². The van der Waals surface area contributed by atoms with Crippen molar-refractivity contribution in [3.8, 4) is 5.75 Å². The van der Waals surface area contributed by atoms with Gasteiger partial charge in [-0.05, 0) is 29.8 Å². The molecule has 6 heteroatoms. The largest absolute Gasteiger partial charge is 0.484 e. The minimum absolute atomic E-state index is 0.117. The van der Waals surface area contributed by atoms with E-state index in [2.05, 4.69) is 10.3 Å². The average molecular weight is 292 g/mol. The molecule has 0 bridgehead atoms. The van der Waals surface area contributed by atoms with E-state index in [9.17, 15) is 4.79 Å². The molecule has 0 aliphatic rings. The zero-order valence-electron chi connectivity index (χ0n) is 10.7. The number of nitrogens with two attached hydrogens (primary N) is 1. The van der Waals surface area contributed by atoms with E-state index in [4.69, 9.17) is 22.1 Å². The first kappa shape index (κ1) is 14.1. The predicted octanol–water partition coefficient (Wildman–Crippen LogP) is 2.21. The third-order valence-corrected chi connectivity index (χ3v) is 2.75. The van der Waals surface area contributed by atoms with Gasteiger partial charge >= 0.3 is 0 Å². The molecule has 0 fully saturated rings. The summed E-state index contributed by atoms with van der Waals surface area (Å²) in [7, 11) is 0. The first-order valence-corrected chi connectivity index (χ1v) is 6.37. The lowest BCUT2D eigenvalue weighted by Gasteiger charge is -2.08. The van der Waals surface area contributed by atoms with Crippen LogP contribution < -0.4 is 15.8 Å². The molecule has 0 aliphatic heterocycles. The normalized spacial score (nSPS) is 10.1. The second kappa shape index (κ2) is 6.77. The van der Waals surface area contributed by atoms with Crippen LogP contribution in [0.25, 0.3) is 0 Å². The lowest BCUT2D eigenvalue weighted by atomic mass is 10.2. The van der Waals surface area contributed by atoms with Crippen molar-refractivity contribution in [1.82, 2.24) is 4.98 Å². The summed E-state index contributed by atoms with van der Waals surface area (Å²) in [4.78, 5) is 14.6. The average Bonchev–Trinajstić information content (AvgIpc) is 2.45. The number of aromatic nitrogens is 1. The highest BCUT2D eigenvalue weighted by atomic mass is 35.5. The number of halogens is 1. The Bertz CT molecular complexity index is 570. The summed E-state index contributed by atoms with van der Waals surface area (Å²) in [5.74, 6) is 0.117. The van der Waals surface area contributed by atoms with Crippen molar-refractivity contribution in [2.45, 2.75) is 6.54 Å². The molecule has 0 spiro atoms. The number of pyridine rings is 1. The van der Waals surface area contributed by atoms with Gasteiger partial charge in [-0.2, -0.15) is 0 Å². The monoisotopic (exact) mass is 291 g/mol. The summed E-state index contributed by atoms with van der Waals surface area (Å²) in [5, 5.41) is 3.69. The van der Waals surface area contributed by atoms with Crippen LogP contribution in [0.15, 0.2) is 42.6 Å². The second-order valence-corrected chi connectivity index (χ2v) is 4.51. The van der Waals surface area contributed by atoms with Crippen LogP contribution in [0.1, 0.15) is 5.56 Å². The summed E-state index contributed by atoms with van der Waals surface area (Å²) in [6.07, 6.45) is 1.67. The molecule has 0 saturated carbocycles. The number of benzene rings is 1. The lowest BCUT2D eigenvalue weighted by molar-refractivity contribution is -0.119. The fraction of sp³-hybridized carbons (Fsp3) is 0.143. The van der Waals surface area contributed by atoms with Gasteiger partial charge < -0.3 is 15.8 Å². The van der Waals surface area contributed by atoms with E-state index in [-0.39, 0.29) is 6.61 Å². The van der Waals surface area contributed by atoms with Crippen molar-refractivity contribution >= 4 is 23.2 Å². The second-order valence-electron chi connectivity index (χ2n) is 4.12. The highest BCUT2D eigenvalue weighted by Gasteiger charge is 1.99. The molecule has 0 saturated heterocycles. The topological polar surface area (TPSA) is 77.2 Å². The standard InChI is InChI=1S/C14H14ClN3O2/c15-13-6-3-11(8-18-13)17-7-10-1-4-12(5-2-10)20-9-14(16)19/h1-6,8,17H,7,9H2,(H2,16,19). The number of hydrogen-bond donors (Lipinski definition) is 2. The van der Waals surface area contributed by atoms with E-state index < -0.39 is 5.91 Å². The Kier molecular flexibility index (Phi) is 4.79. The van der Waals surface area contributed by atoms with E-state index in [0.29, 0.717) is 17.4 Å². The summed E-state index contributed by atoms with van der Waals surface area (Å²) < 4.78 is 5.18. The first-order chi connectivity index (χ1) is 9.63. The number of hydrogen-bond acceptors (Lipinski definition) is 4. The Hall–Kier alpha value is -2.27. The van der Waals surface area contributed by atoms with Gasteiger partial charge in [0.25, 0.3) is 5.91 Å². The van der Waals surface area contributed by atoms with Crippen LogP contribution >= 0.6 is 11.6 Å². The van der Waals surface area contributed by atoms with Crippen molar-refractivity contribution in [3.05, 3.63) is 53.3 Å². The maximum absolute atomic E-state index is 10.6. The lowest BCUT2D eigenvalue weighted by Crippen LogP contribution is -2.19. The van der Waals surface area contributed by atoms with Gasteiger partial charge in [0.1, 0.15) is 10.9 Å². The van der Waals surface area contributed by atoms with Gasteiger partial charge in [0, 0.05) is 6.54 Å². The van der Waals surface area contributed by atoms with Crippen molar-refractivity contribution in [2.24, 2.45) is 5.73 Å². The van der Waals surface area contributed by atoms with Crippen LogP contribution in [-0.2, 0) is 11.3 Å². The van der Waals surface area contributed by atoms with Gasteiger partial charge in [-0.3, -0.25) is 4.79 Å². The first-order valence-electron chi connectivity index (χ1n) is 5.99. The van der Waals surface area contributed by atoms with Gasteiger partial charge in [0.2, 0.25) is 0 Å². The summed E-state index contributed by atoms with van der Waals surface area (Å²) >= 11 is 5.71. The van der Waals surface area contributed by atoms with Gasteiger partial charge in [0.15, 0.2) is 6.61 Å². The Morgan fingerprint density at radius 1 is 1.25 bits per heavy atom. The van der Waals surface area contributed by atoms with Crippen molar-refractivity contribution in [2.75, 3.05) is 11.9 Å². The smallest absolute Gasteiger partial charge is 0.255 e. The highest BCUT2D eigenvalue weighted by Crippen LogP contribution is 2.14. The number of primary amides is 1. The molecular weight excluding hydrogens is 278 g/mol. The number of carbonyl (C=O) groups is 1. The molecule has 0 aliphatic carbocycles. The molecule has 2 rings (SSSR count). The van der Waals surface area contributed by atoms with Gasteiger partial charge in [0.05, 0.1) is 11.9 Å². The Morgan fingerprint density at radius 2 is 2.00 bits per heavy atom. The number of anilines is 1. The molecule has 1 aromatic heterocycles. The van der Waals surface area contributed by atoms with Crippen molar-refractivity contribution in [1.29, 1.82) is 0 Å². The molecule has 1 aromatic carbocycles. The third-order valence-electron chi connectivity index (χ3n) is 2.53. The van der Waals surface area contributed by atoms with Crippen LogP contribution in [0.3, 0.4) is 0 Å². The number of nitrogens with one attached hydrogen (secondary N) is 1. The Balaban J connectivity index is 1.87. The zero-order valence-corrected chi connectivity index (χ0v) is 11.4. The molecule has 0 unspecified atom stereocenters. The minimum Gasteiger partial charge on any atom is -0.484 e. The van der Waals surface area contributed by atoms with Gasteiger partial charge in [-0.1, -0.05) is 23.7 Å². The molecule has 3 N–H and O–H groups in total. The van der Waals surface area contributed by atoms with Crippen LogP contribution in [0.2, 0.25) is 5.15 Å². The zero-order chi connectivity index (χ0) is 14.4. The number of carbonyl (C=O) groups excluding carboxylic acids is 1. The summed E-state index contributed by atoms with van der Waals surface area (Å²) in [5.41, 5.74) is 6.97. The molecule has 1 amide bonds. The van der Waals surface area contributed by atoms with E-state index >= 15 is 0 Å². The van der Waals surface area contributed by atoms with Gasteiger partial charge in [-0.15, -0.1) is 0 Å². The van der Waals surface area contributed by atoms with Crippen LogP contribution in [0, 0.1) is 0 Å². The fourth-order valence-corrected chi connectivity index (χ4v) is 1.65. The highest BCUT2D eigenvalue weighted by molar-refractivity contribution is 6.29. The molecule has 1 heterocycles. The summed E-state index contributed by atoms with van der Waals surface area (Å²) in [6, 6.07) is 11.0. The molecule has 0 radical (unpaired) electrons. The van der Waals surface area contributed by atoms with E-state index in [0.717, 1.165) is 11.3 Å². The van der Waals surface area contributed by atoms with Gasteiger partial charge in [-0.25, -0.2) is 4.98 Å². The SMILES string of the molecule is NC(=O)COc1ccc(CNc2ccc(Cl)nc2)cc1. The number of rotatable bonds is 6. The van der Waals surface area contributed by atoms with E-state index in [1.807, 2.05) is 18.2 Å². The number of ether oxygens (including phenoxy) is 1. The van der Waals surface area contributed by atoms with E-state index in [1.165, 1.54) is 0 Å². The molecule has 20 heavy (non-hydrogen) atoms. The van der Waals surface area contributed by atoms with Crippen LogP contribution in [-0.4, -0.2) is 17.5 Å². The van der Waals surface area contributed by atoms with Crippen molar-refractivity contribution in [3.63, 3.8) is 0 Å². The van der Waals surface area contributed by atoms with Crippen LogP contribution in [0.4, 0.5) is 5.69 Å². The molecule has 0 atom stereocenters. The Labute approximate surface area is 121 Å². The maximum Gasteiger partial charge on any atom is 0.255 e. The molecular formula is C14H14ClN3O2. The quantitative estimate of drug-likeness (QED) is 0.800. The Morgan fingerprint density at radius 3 is 2.60 bits per heavy atom. The molecule has 5 nitrogen and oxygen atoms in total.